The third kappa shape index (κ3) is 6.02. The van der Waals surface area contributed by atoms with Crippen molar-refractivity contribution < 1.29 is 26.7 Å². The first-order chi connectivity index (χ1) is 5.89. The zero-order chi connectivity index (χ0) is 10.5. The molecular formula is C6H8O6S. The molecule has 74 valence electrons. The molecule has 0 aliphatic heterocycles. The standard InChI is InChI=1S/C6H8O6S/c1-3-5(7)11-6(4-2)12-13(8,9)10/h3-4,6H,1-2H2,(H,8,9,10). The highest BCUT2D eigenvalue weighted by atomic mass is 32.3. The number of hydrogen-bond donors (Lipinski definition) is 1. The van der Waals surface area contributed by atoms with Crippen LogP contribution in [0.3, 0.4) is 0 Å². The summed E-state index contributed by atoms with van der Waals surface area (Å²) in [5, 5.41) is 0. The van der Waals surface area contributed by atoms with Gasteiger partial charge in [0.15, 0.2) is 0 Å². The van der Waals surface area contributed by atoms with Crippen molar-refractivity contribution in [1.82, 2.24) is 0 Å². The molecule has 0 heterocycles. The van der Waals surface area contributed by atoms with Crippen LogP contribution in [0.4, 0.5) is 0 Å². The molecule has 0 fully saturated rings. The van der Waals surface area contributed by atoms with Crippen molar-refractivity contribution in [2.75, 3.05) is 0 Å². The first kappa shape index (κ1) is 11.8. The number of rotatable bonds is 5. The first-order valence-electron chi connectivity index (χ1n) is 3.00. The van der Waals surface area contributed by atoms with Gasteiger partial charge in [0.25, 0.3) is 0 Å². The molecule has 0 rings (SSSR count). The second-order valence-electron chi connectivity index (χ2n) is 1.77. The number of carbonyl (C=O) groups excluding carboxylic acids is 1. The fraction of sp³-hybridized carbons (Fsp3) is 0.167. The summed E-state index contributed by atoms with van der Waals surface area (Å²) in [4.78, 5) is 10.5. The van der Waals surface area contributed by atoms with Gasteiger partial charge in [-0.05, 0) is 6.08 Å². The topological polar surface area (TPSA) is 89.9 Å². The lowest BCUT2D eigenvalue weighted by Crippen LogP contribution is -2.21. The molecule has 1 unspecified atom stereocenters. The van der Waals surface area contributed by atoms with Gasteiger partial charge in [-0.2, -0.15) is 8.42 Å². The van der Waals surface area contributed by atoms with Crippen LogP contribution in [0.25, 0.3) is 0 Å². The lowest BCUT2D eigenvalue weighted by atomic mass is 10.6. The van der Waals surface area contributed by atoms with Gasteiger partial charge < -0.3 is 4.74 Å². The van der Waals surface area contributed by atoms with E-state index in [1.807, 2.05) is 0 Å². The minimum atomic E-state index is -4.67. The molecule has 1 atom stereocenters. The van der Waals surface area contributed by atoms with Crippen LogP contribution in [0.15, 0.2) is 25.3 Å². The van der Waals surface area contributed by atoms with Gasteiger partial charge in [-0.15, -0.1) is 0 Å². The van der Waals surface area contributed by atoms with Gasteiger partial charge in [0.05, 0.1) is 0 Å². The SMILES string of the molecule is C=CC(=O)OC(C=C)OS(=O)(=O)O. The molecule has 0 aliphatic rings. The quantitative estimate of drug-likeness (QED) is 0.226. The van der Waals surface area contributed by atoms with Crippen LogP contribution >= 0.6 is 0 Å². The lowest BCUT2D eigenvalue weighted by Gasteiger charge is -2.09. The third-order valence-electron chi connectivity index (χ3n) is 0.808. The molecule has 0 aromatic heterocycles. The van der Waals surface area contributed by atoms with Crippen LogP contribution in [-0.2, 0) is 24.1 Å². The summed E-state index contributed by atoms with van der Waals surface area (Å²) in [6, 6.07) is 0. The van der Waals surface area contributed by atoms with Crippen molar-refractivity contribution in [2.24, 2.45) is 0 Å². The monoisotopic (exact) mass is 208 g/mol. The van der Waals surface area contributed by atoms with Crippen LogP contribution in [0.2, 0.25) is 0 Å². The molecule has 1 N–H and O–H groups in total. The van der Waals surface area contributed by atoms with Crippen LogP contribution in [0.1, 0.15) is 0 Å². The second-order valence-corrected chi connectivity index (χ2v) is 2.82. The molecule has 0 aromatic rings. The average Bonchev–Trinajstić information content (AvgIpc) is 2.00. The molecule has 6 nitrogen and oxygen atoms in total. The van der Waals surface area contributed by atoms with E-state index >= 15 is 0 Å². The van der Waals surface area contributed by atoms with Gasteiger partial charge in [-0.3, -0.25) is 4.55 Å². The normalized spacial score (nSPS) is 13.0. The van der Waals surface area contributed by atoms with E-state index in [0.717, 1.165) is 12.2 Å². The minimum Gasteiger partial charge on any atom is -0.427 e. The van der Waals surface area contributed by atoms with Crippen molar-refractivity contribution in [3.63, 3.8) is 0 Å². The van der Waals surface area contributed by atoms with E-state index in [1.54, 1.807) is 0 Å². The third-order valence-corrected chi connectivity index (χ3v) is 1.24. The zero-order valence-corrected chi connectivity index (χ0v) is 7.36. The predicted molar refractivity (Wildman–Crippen MR) is 42.9 cm³/mol. The molecule has 0 spiro atoms. The summed E-state index contributed by atoms with van der Waals surface area (Å²) in [6.07, 6.45) is 0.138. The fourth-order valence-corrected chi connectivity index (χ4v) is 0.747. The highest BCUT2D eigenvalue weighted by Gasteiger charge is 2.16. The van der Waals surface area contributed by atoms with E-state index in [-0.39, 0.29) is 0 Å². The molecule has 0 saturated heterocycles. The van der Waals surface area contributed by atoms with Crippen molar-refractivity contribution in [2.45, 2.75) is 6.29 Å². The van der Waals surface area contributed by atoms with E-state index in [2.05, 4.69) is 22.1 Å². The van der Waals surface area contributed by atoms with Gasteiger partial charge in [0.1, 0.15) is 0 Å². The maximum Gasteiger partial charge on any atom is 0.400 e. The number of ether oxygens (including phenoxy) is 1. The summed E-state index contributed by atoms with van der Waals surface area (Å²) in [5.41, 5.74) is 0. The van der Waals surface area contributed by atoms with Crippen LogP contribution in [-0.4, -0.2) is 25.2 Å². The Morgan fingerprint density at radius 2 is 2.00 bits per heavy atom. The van der Waals surface area contributed by atoms with Crippen LogP contribution in [0.5, 0.6) is 0 Å². The highest BCUT2D eigenvalue weighted by Crippen LogP contribution is 2.01. The Morgan fingerprint density at radius 3 is 2.31 bits per heavy atom. The van der Waals surface area contributed by atoms with Crippen LogP contribution in [0, 0.1) is 0 Å². The molecule has 7 heteroatoms. The van der Waals surface area contributed by atoms with Gasteiger partial charge in [0, 0.05) is 6.08 Å². The summed E-state index contributed by atoms with van der Waals surface area (Å²) >= 11 is 0. The fourth-order valence-electron chi connectivity index (χ4n) is 0.389. The van der Waals surface area contributed by atoms with E-state index in [0.29, 0.717) is 0 Å². The largest absolute Gasteiger partial charge is 0.427 e. The van der Waals surface area contributed by atoms with Gasteiger partial charge in [0.2, 0.25) is 6.29 Å². The van der Waals surface area contributed by atoms with Crippen molar-refractivity contribution in [3.8, 4) is 0 Å². The Kier molecular flexibility index (Phi) is 4.32. The Hall–Kier alpha value is -1.18. The molecule has 0 amide bonds. The Morgan fingerprint density at radius 1 is 1.46 bits per heavy atom. The van der Waals surface area contributed by atoms with E-state index in [1.165, 1.54) is 0 Å². The maximum absolute atomic E-state index is 10.5. The summed E-state index contributed by atoms with van der Waals surface area (Å²) in [6.45, 7) is 6.19. The van der Waals surface area contributed by atoms with Crippen molar-refractivity contribution in [1.29, 1.82) is 0 Å². The predicted octanol–water partition coefficient (Wildman–Crippen LogP) is 0.0471. The number of hydrogen-bond acceptors (Lipinski definition) is 5. The average molecular weight is 208 g/mol. The summed E-state index contributed by atoms with van der Waals surface area (Å²) in [5.74, 6) is -0.895. The summed E-state index contributed by atoms with van der Waals surface area (Å²) < 4.78 is 36.6. The van der Waals surface area contributed by atoms with E-state index in [9.17, 15) is 13.2 Å². The summed E-state index contributed by atoms with van der Waals surface area (Å²) in [7, 11) is -4.67. The van der Waals surface area contributed by atoms with Gasteiger partial charge >= 0.3 is 16.4 Å². The Labute approximate surface area is 75.4 Å². The minimum absolute atomic E-state index is 0.809. The molecule has 0 bridgehead atoms. The molecule has 0 aliphatic carbocycles. The van der Waals surface area contributed by atoms with Gasteiger partial charge in [-0.1, -0.05) is 13.2 Å². The lowest BCUT2D eigenvalue weighted by molar-refractivity contribution is -0.151. The smallest absolute Gasteiger partial charge is 0.400 e. The van der Waals surface area contributed by atoms with Gasteiger partial charge in [-0.25, -0.2) is 8.98 Å². The molecule has 13 heavy (non-hydrogen) atoms. The highest BCUT2D eigenvalue weighted by molar-refractivity contribution is 7.80. The molecule has 0 radical (unpaired) electrons. The number of carbonyl (C=O) groups is 1. The van der Waals surface area contributed by atoms with Crippen LogP contribution < -0.4 is 0 Å². The van der Waals surface area contributed by atoms with Crippen molar-refractivity contribution >= 4 is 16.4 Å². The maximum atomic E-state index is 10.5. The molecule has 0 aromatic carbocycles. The second kappa shape index (κ2) is 4.75. The molecule has 0 saturated carbocycles. The number of esters is 1. The Balaban J connectivity index is 4.29. The van der Waals surface area contributed by atoms with Crippen molar-refractivity contribution in [3.05, 3.63) is 25.3 Å². The van der Waals surface area contributed by atoms with E-state index < -0.39 is 22.7 Å². The zero-order valence-electron chi connectivity index (χ0n) is 6.54. The first-order valence-corrected chi connectivity index (χ1v) is 4.37. The Bertz CT molecular complexity index is 303. The van der Waals surface area contributed by atoms with E-state index in [4.69, 9.17) is 4.55 Å². The molecular weight excluding hydrogens is 200 g/mol.